The van der Waals surface area contributed by atoms with Crippen LogP contribution in [0.5, 0.6) is 0 Å². The summed E-state index contributed by atoms with van der Waals surface area (Å²) in [6.07, 6.45) is 1.88. The fourth-order valence-electron chi connectivity index (χ4n) is 2.72. The van der Waals surface area contributed by atoms with Crippen LogP contribution in [-0.2, 0) is 17.6 Å². The Morgan fingerprint density at radius 2 is 1.54 bits per heavy atom. The minimum absolute atomic E-state index is 0. The summed E-state index contributed by atoms with van der Waals surface area (Å²) in [5.74, 6) is -0.581. The molecule has 0 radical (unpaired) electrons. The lowest BCUT2D eigenvalue weighted by atomic mass is 9.70. The molecule has 5 nitrogen and oxygen atoms in total. The summed E-state index contributed by atoms with van der Waals surface area (Å²) in [5, 5.41) is 21.9. The van der Waals surface area contributed by atoms with Crippen molar-refractivity contribution < 1.29 is 33.0 Å². The maximum absolute atomic E-state index is 12.2. The highest BCUT2D eigenvalue weighted by atomic mass is 35.5. The van der Waals surface area contributed by atoms with E-state index in [1.807, 2.05) is 60.7 Å². The van der Waals surface area contributed by atoms with Crippen LogP contribution in [0.3, 0.4) is 0 Å². The van der Waals surface area contributed by atoms with E-state index >= 15 is 0 Å². The van der Waals surface area contributed by atoms with Gasteiger partial charge in [-0.05, 0) is 24.0 Å². The number of halogens is 1. The molecule has 6 N–H and O–H groups in total. The van der Waals surface area contributed by atoms with E-state index < -0.39 is 19.0 Å². The molecule has 0 saturated heterocycles. The molecule has 0 aromatic heterocycles. The van der Waals surface area contributed by atoms with Crippen LogP contribution in [0.4, 0.5) is 0 Å². The Bertz CT molecular complexity index is 644. The molecule has 0 spiro atoms. The molecule has 2 aromatic rings. The molecule has 0 saturated carbocycles. The molecule has 0 heterocycles. The quantitative estimate of drug-likeness (QED) is 0.362. The number of aryl methyl sites for hydroxylation is 1. The number of carbonyl (C=O) groups is 1. The second-order valence-electron chi connectivity index (χ2n) is 6.33. The molecule has 2 atom stereocenters. The molecule has 1 amide bonds. The lowest BCUT2D eigenvalue weighted by molar-refractivity contribution is -0.403. The van der Waals surface area contributed by atoms with Gasteiger partial charge in [-0.15, -0.1) is 0 Å². The molecule has 1 unspecified atom stereocenters. The van der Waals surface area contributed by atoms with Gasteiger partial charge in [0, 0.05) is 18.8 Å². The lowest BCUT2D eigenvalue weighted by Crippen LogP contribution is -3.00. The number of rotatable bonds is 9. The zero-order valence-electron chi connectivity index (χ0n) is 14.7. The van der Waals surface area contributed by atoms with Crippen LogP contribution in [0, 0.1) is 0 Å². The maximum atomic E-state index is 12.2. The number of carbonyl (C=O) groups excluding carboxylic acids is 1. The van der Waals surface area contributed by atoms with Crippen LogP contribution < -0.4 is 23.5 Å². The van der Waals surface area contributed by atoms with Crippen molar-refractivity contribution in [1.82, 2.24) is 5.32 Å². The van der Waals surface area contributed by atoms with Gasteiger partial charge in [-0.2, -0.15) is 0 Å². The molecule has 0 aliphatic heterocycles. The van der Waals surface area contributed by atoms with Crippen LogP contribution in [0.15, 0.2) is 60.7 Å². The molecule has 0 bridgehead atoms. The number of hydrogen-bond acceptors (Lipinski definition) is 3. The summed E-state index contributed by atoms with van der Waals surface area (Å²) < 4.78 is 0. The van der Waals surface area contributed by atoms with Crippen molar-refractivity contribution in [1.29, 1.82) is 0 Å². The summed E-state index contributed by atoms with van der Waals surface area (Å²) in [4.78, 5) is 12.2. The van der Waals surface area contributed by atoms with E-state index in [-0.39, 0.29) is 24.9 Å². The van der Waals surface area contributed by atoms with Gasteiger partial charge < -0.3 is 33.5 Å². The Kier molecular flexibility index (Phi) is 9.98. The van der Waals surface area contributed by atoms with Crippen molar-refractivity contribution in [2.45, 2.75) is 31.1 Å². The Balaban J connectivity index is 0.00000338. The minimum Gasteiger partial charge on any atom is -1.00 e. The van der Waals surface area contributed by atoms with Crippen molar-refractivity contribution in [3.05, 3.63) is 71.8 Å². The summed E-state index contributed by atoms with van der Waals surface area (Å²) in [7, 11) is -1.46. The maximum Gasteiger partial charge on any atom is 0.456 e. The molecule has 140 valence electrons. The monoisotopic (exact) mass is 376 g/mol. The Morgan fingerprint density at radius 3 is 2.08 bits per heavy atom. The molecule has 26 heavy (non-hydrogen) atoms. The predicted octanol–water partition coefficient (Wildman–Crippen LogP) is -2.56. The third-order valence-electron chi connectivity index (χ3n) is 4.30. The van der Waals surface area contributed by atoms with E-state index in [4.69, 9.17) is 0 Å². The van der Waals surface area contributed by atoms with Gasteiger partial charge in [0.25, 0.3) is 5.91 Å². The van der Waals surface area contributed by atoms with Gasteiger partial charge in [-0.1, -0.05) is 60.7 Å². The molecular weight excluding hydrogens is 350 g/mol. The summed E-state index contributed by atoms with van der Waals surface area (Å²) in [6.45, 7) is 0.226. The highest BCUT2D eigenvalue weighted by Crippen LogP contribution is 2.16. The Labute approximate surface area is 161 Å². The first-order valence-corrected chi connectivity index (χ1v) is 8.61. The third kappa shape index (κ3) is 7.58. The zero-order chi connectivity index (χ0) is 18.1. The molecule has 2 rings (SSSR count). The highest BCUT2D eigenvalue weighted by molar-refractivity contribution is 6.43. The van der Waals surface area contributed by atoms with Crippen molar-refractivity contribution in [3.8, 4) is 0 Å². The topological polar surface area (TPSA) is 97.2 Å². The number of nitrogens with one attached hydrogen (secondary N) is 1. The summed E-state index contributed by atoms with van der Waals surface area (Å²) in [5.41, 5.74) is 6.11. The van der Waals surface area contributed by atoms with Crippen molar-refractivity contribution >= 4 is 13.0 Å². The average Bonchev–Trinajstić information content (AvgIpc) is 2.62. The highest BCUT2D eigenvalue weighted by Gasteiger charge is 2.25. The van der Waals surface area contributed by atoms with E-state index in [9.17, 15) is 14.8 Å². The molecule has 0 aliphatic rings. The molecule has 7 heteroatoms. The second kappa shape index (κ2) is 11.7. The van der Waals surface area contributed by atoms with Gasteiger partial charge in [-0.25, -0.2) is 0 Å². The van der Waals surface area contributed by atoms with E-state index in [1.54, 1.807) is 0 Å². The summed E-state index contributed by atoms with van der Waals surface area (Å²) in [6, 6.07) is 19.2. The van der Waals surface area contributed by atoms with Gasteiger partial charge >= 0.3 is 7.12 Å². The van der Waals surface area contributed by atoms with Crippen LogP contribution in [-0.4, -0.2) is 35.7 Å². The van der Waals surface area contributed by atoms with E-state index in [0.717, 1.165) is 17.5 Å². The van der Waals surface area contributed by atoms with Gasteiger partial charge in [0.2, 0.25) is 0 Å². The van der Waals surface area contributed by atoms with E-state index in [1.165, 1.54) is 0 Å². The first-order chi connectivity index (χ1) is 12.1. The minimum atomic E-state index is -1.46. The van der Waals surface area contributed by atoms with E-state index in [2.05, 4.69) is 11.1 Å². The van der Waals surface area contributed by atoms with Crippen LogP contribution in [0.2, 0.25) is 5.82 Å². The number of quaternary nitrogens is 1. The van der Waals surface area contributed by atoms with Crippen molar-refractivity contribution in [2.24, 2.45) is 0 Å². The van der Waals surface area contributed by atoms with Gasteiger partial charge in [-0.3, -0.25) is 4.79 Å². The SMILES string of the molecule is [Cl-].[NH3+][C@@H](Cc1ccccc1)C(=O)NCC(CCc1ccccc1)B(O)O. The number of hydrogen-bond donors (Lipinski definition) is 4. The molecule has 2 aromatic carbocycles. The molecular formula is C19H26BClN2O3. The largest absolute Gasteiger partial charge is 1.00 e. The first-order valence-electron chi connectivity index (χ1n) is 8.61. The molecule has 0 aliphatic carbocycles. The fourth-order valence-corrected chi connectivity index (χ4v) is 2.72. The Morgan fingerprint density at radius 1 is 1.00 bits per heavy atom. The lowest BCUT2D eigenvalue weighted by Gasteiger charge is -2.17. The summed E-state index contributed by atoms with van der Waals surface area (Å²) >= 11 is 0. The Hall–Kier alpha value is -1.86. The standard InChI is InChI=1S/C19H25BN2O3.ClH/c21-18(13-16-9-5-2-6-10-16)19(23)22-14-17(20(24)25)12-11-15-7-3-1-4-8-15;/h1-10,17-18,24-25H,11-14,21H2,(H,22,23);1H/t17?,18-;/m0./s1. The van der Waals surface area contributed by atoms with Gasteiger partial charge in [0.15, 0.2) is 6.04 Å². The fraction of sp³-hybridized carbons (Fsp3) is 0.316. The van der Waals surface area contributed by atoms with Crippen LogP contribution >= 0.6 is 0 Å². The van der Waals surface area contributed by atoms with Gasteiger partial charge in [0.1, 0.15) is 0 Å². The first kappa shape index (κ1) is 22.2. The average molecular weight is 377 g/mol. The van der Waals surface area contributed by atoms with Crippen LogP contribution in [0.25, 0.3) is 0 Å². The second-order valence-corrected chi connectivity index (χ2v) is 6.33. The van der Waals surface area contributed by atoms with Crippen molar-refractivity contribution in [2.75, 3.05) is 6.54 Å². The molecule has 0 fully saturated rings. The smallest absolute Gasteiger partial charge is 0.456 e. The normalized spacial score (nSPS) is 12.6. The van der Waals surface area contributed by atoms with E-state index in [0.29, 0.717) is 12.8 Å². The van der Waals surface area contributed by atoms with Crippen LogP contribution in [0.1, 0.15) is 17.5 Å². The van der Waals surface area contributed by atoms with Gasteiger partial charge in [0.05, 0.1) is 0 Å². The third-order valence-corrected chi connectivity index (χ3v) is 4.30. The predicted molar refractivity (Wildman–Crippen MR) is 98.5 cm³/mol. The van der Waals surface area contributed by atoms with Crippen molar-refractivity contribution in [3.63, 3.8) is 0 Å². The number of benzene rings is 2. The number of amides is 1. The zero-order valence-corrected chi connectivity index (χ0v) is 15.5.